The zero-order valence-corrected chi connectivity index (χ0v) is 11.3. The zero-order valence-electron chi connectivity index (χ0n) is 10.5. The Morgan fingerprint density at radius 3 is 2.53 bits per heavy atom. The first-order valence-corrected chi connectivity index (χ1v) is 7.56. The molecule has 0 radical (unpaired) electrons. The third-order valence-electron chi connectivity index (χ3n) is 2.95. The van der Waals surface area contributed by atoms with Crippen molar-refractivity contribution in [2.75, 3.05) is 38.2 Å². The van der Waals surface area contributed by atoms with E-state index in [1.807, 2.05) is 11.8 Å². The average molecular weight is 230 g/mol. The van der Waals surface area contributed by atoms with Crippen molar-refractivity contribution in [3.63, 3.8) is 0 Å². The van der Waals surface area contributed by atoms with Crippen LogP contribution in [-0.2, 0) is 0 Å². The summed E-state index contributed by atoms with van der Waals surface area (Å²) in [5.74, 6) is 2.05. The maximum Gasteiger partial charge on any atom is 0.00917 e. The molecule has 1 saturated heterocycles. The molecule has 1 aliphatic rings. The summed E-state index contributed by atoms with van der Waals surface area (Å²) >= 11 is 1.93. The van der Waals surface area contributed by atoms with Crippen LogP contribution in [0.1, 0.15) is 26.7 Å². The third-order valence-corrected chi connectivity index (χ3v) is 3.56. The van der Waals surface area contributed by atoms with Gasteiger partial charge in [-0.1, -0.05) is 13.8 Å². The predicted octanol–water partition coefficient (Wildman–Crippen LogP) is 2.06. The molecule has 2 nitrogen and oxygen atoms in total. The summed E-state index contributed by atoms with van der Waals surface area (Å²) in [6.45, 7) is 9.64. The van der Waals surface area contributed by atoms with Gasteiger partial charge in [0.05, 0.1) is 0 Å². The van der Waals surface area contributed by atoms with Crippen LogP contribution >= 0.6 is 11.8 Å². The molecule has 3 heteroatoms. The highest BCUT2D eigenvalue weighted by atomic mass is 32.2. The molecule has 0 spiro atoms. The quantitative estimate of drug-likeness (QED) is 0.703. The van der Waals surface area contributed by atoms with Crippen LogP contribution in [0.3, 0.4) is 0 Å². The fourth-order valence-corrected chi connectivity index (χ4v) is 2.52. The van der Waals surface area contributed by atoms with Crippen LogP contribution in [0.15, 0.2) is 0 Å². The molecule has 1 heterocycles. The smallest absolute Gasteiger partial charge is 0.00917 e. The fraction of sp³-hybridized carbons (Fsp3) is 1.00. The second kappa shape index (κ2) is 7.53. The van der Waals surface area contributed by atoms with Gasteiger partial charge in [0, 0.05) is 24.9 Å². The molecule has 1 fully saturated rings. The molecule has 0 saturated carbocycles. The Kier molecular flexibility index (Phi) is 6.69. The van der Waals surface area contributed by atoms with Crippen molar-refractivity contribution in [2.24, 2.45) is 5.92 Å². The highest BCUT2D eigenvalue weighted by Gasteiger charge is 2.18. The van der Waals surface area contributed by atoms with E-state index < -0.39 is 0 Å². The monoisotopic (exact) mass is 230 g/mol. The van der Waals surface area contributed by atoms with Crippen molar-refractivity contribution in [1.29, 1.82) is 0 Å². The first kappa shape index (κ1) is 13.3. The molecule has 0 aromatic carbocycles. The van der Waals surface area contributed by atoms with Crippen LogP contribution in [0.25, 0.3) is 0 Å². The molecule has 0 amide bonds. The number of rotatable bonds is 6. The molecule has 15 heavy (non-hydrogen) atoms. The molecule has 0 aromatic heterocycles. The lowest BCUT2D eigenvalue weighted by Gasteiger charge is -2.33. The number of likely N-dealkylation sites (tertiary alicyclic amines) is 1. The second-order valence-electron chi connectivity index (χ2n) is 4.92. The molecule has 0 bridgehead atoms. The van der Waals surface area contributed by atoms with Crippen LogP contribution in [0.2, 0.25) is 0 Å². The standard InChI is InChI=1S/C12H26N2S/c1-11(2)10-14-7-4-12(5-8-14)13-6-9-15-3/h11-13H,4-10H2,1-3H3. The first-order chi connectivity index (χ1) is 7.22. The summed E-state index contributed by atoms with van der Waals surface area (Å²) < 4.78 is 0. The van der Waals surface area contributed by atoms with Gasteiger partial charge in [0.2, 0.25) is 0 Å². The SMILES string of the molecule is CSCCNC1CCN(CC(C)C)CC1. The summed E-state index contributed by atoms with van der Waals surface area (Å²) in [6.07, 6.45) is 4.84. The van der Waals surface area contributed by atoms with Gasteiger partial charge < -0.3 is 10.2 Å². The molecule has 1 aliphatic heterocycles. The van der Waals surface area contributed by atoms with Crippen LogP contribution in [0.5, 0.6) is 0 Å². The minimum Gasteiger partial charge on any atom is -0.313 e. The average Bonchev–Trinajstić information content (AvgIpc) is 2.20. The number of nitrogens with one attached hydrogen (secondary N) is 1. The second-order valence-corrected chi connectivity index (χ2v) is 5.90. The van der Waals surface area contributed by atoms with Gasteiger partial charge in [-0.15, -0.1) is 0 Å². The topological polar surface area (TPSA) is 15.3 Å². The molecular formula is C12H26N2S. The predicted molar refractivity (Wildman–Crippen MR) is 70.7 cm³/mol. The van der Waals surface area contributed by atoms with E-state index in [9.17, 15) is 0 Å². The molecular weight excluding hydrogens is 204 g/mol. The van der Waals surface area contributed by atoms with Gasteiger partial charge in [0.25, 0.3) is 0 Å². The van der Waals surface area contributed by atoms with E-state index in [4.69, 9.17) is 0 Å². The highest BCUT2D eigenvalue weighted by molar-refractivity contribution is 7.98. The summed E-state index contributed by atoms with van der Waals surface area (Å²) in [5, 5.41) is 3.65. The molecule has 0 atom stereocenters. The summed E-state index contributed by atoms with van der Waals surface area (Å²) in [4.78, 5) is 2.61. The Labute approximate surface area is 99.2 Å². The summed E-state index contributed by atoms with van der Waals surface area (Å²) in [6, 6.07) is 0.778. The molecule has 0 aliphatic carbocycles. The van der Waals surface area contributed by atoms with Crippen molar-refractivity contribution in [3.8, 4) is 0 Å². The molecule has 0 unspecified atom stereocenters. The number of hydrogen-bond acceptors (Lipinski definition) is 3. The van der Waals surface area contributed by atoms with Gasteiger partial charge in [-0.05, 0) is 38.1 Å². The lowest BCUT2D eigenvalue weighted by Crippen LogP contribution is -2.44. The Hall–Kier alpha value is 0.270. The normalized spacial score (nSPS) is 20.0. The highest BCUT2D eigenvalue weighted by Crippen LogP contribution is 2.11. The van der Waals surface area contributed by atoms with Crippen molar-refractivity contribution in [2.45, 2.75) is 32.7 Å². The van der Waals surface area contributed by atoms with E-state index in [1.54, 1.807) is 0 Å². The maximum atomic E-state index is 3.65. The van der Waals surface area contributed by atoms with Crippen LogP contribution < -0.4 is 5.32 Å². The van der Waals surface area contributed by atoms with Gasteiger partial charge in [0.15, 0.2) is 0 Å². The van der Waals surface area contributed by atoms with Gasteiger partial charge >= 0.3 is 0 Å². The summed E-state index contributed by atoms with van der Waals surface area (Å²) in [7, 11) is 0. The van der Waals surface area contributed by atoms with Crippen molar-refractivity contribution >= 4 is 11.8 Å². The van der Waals surface area contributed by atoms with E-state index in [-0.39, 0.29) is 0 Å². The van der Waals surface area contributed by atoms with Gasteiger partial charge in [-0.2, -0.15) is 11.8 Å². The lowest BCUT2D eigenvalue weighted by atomic mass is 10.0. The third kappa shape index (κ3) is 5.79. The molecule has 1 rings (SSSR count). The number of thioether (sulfide) groups is 1. The van der Waals surface area contributed by atoms with E-state index in [2.05, 4.69) is 30.3 Å². The van der Waals surface area contributed by atoms with Crippen molar-refractivity contribution in [1.82, 2.24) is 10.2 Å². The van der Waals surface area contributed by atoms with E-state index in [0.717, 1.165) is 12.0 Å². The molecule has 1 N–H and O–H groups in total. The minimum absolute atomic E-state index is 0.778. The number of hydrogen-bond donors (Lipinski definition) is 1. The van der Waals surface area contributed by atoms with Gasteiger partial charge in [0.1, 0.15) is 0 Å². The van der Waals surface area contributed by atoms with E-state index in [0.29, 0.717) is 0 Å². The largest absolute Gasteiger partial charge is 0.313 e. The summed E-state index contributed by atoms with van der Waals surface area (Å²) in [5.41, 5.74) is 0. The minimum atomic E-state index is 0.778. The Morgan fingerprint density at radius 2 is 2.00 bits per heavy atom. The fourth-order valence-electron chi connectivity index (χ4n) is 2.20. The van der Waals surface area contributed by atoms with Gasteiger partial charge in [-0.3, -0.25) is 0 Å². The number of piperidine rings is 1. The lowest BCUT2D eigenvalue weighted by molar-refractivity contribution is 0.181. The van der Waals surface area contributed by atoms with Crippen LogP contribution in [0.4, 0.5) is 0 Å². The Morgan fingerprint density at radius 1 is 1.33 bits per heavy atom. The van der Waals surface area contributed by atoms with E-state index in [1.165, 1.54) is 44.8 Å². The Bertz CT molecular complexity index is 154. The van der Waals surface area contributed by atoms with Crippen molar-refractivity contribution < 1.29 is 0 Å². The van der Waals surface area contributed by atoms with Crippen LogP contribution in [0, 0.1) is 5.92 Å². The van der Waals surface area contributed by atoms with Gasteiger partial charge in [-0.25, -0.2) is 0 Å². The molecule has 0 aromatic rings. The van der Waals surface area contributed by atoms with Crippen molar-refractivity contribution in [3.05, 3.63) is 0 Å². The first-order valence-electron chi connectivity index (χ1n) is 6.17. The number of nitrogens with zero attached hydrogens (tertiary/aromatic N) is 1. The van der Waals surface area contributed by atoms with Crippen LogP contribution in [-0.4, -0.2) is 49.1 Å². The molecule has 90 valence electrons. The maximum absolute atomic E-state index is 3.65. The van der Waals surface area contributed by atoms with E-state index >= 15 is 0 Å². The Balaban J connectivity index is 2.07. The zero-order chi connectivity index (χ0) is 11.1.